The Morgan fingerprint density at radius 1 is 1.14 bits per heavy atom. The van der Waals surface area contributed by atoms with Gasteiger partial charge in [-0.2, -0.15) is 0 Å². The Bertz CT molecular complexity index is 899. The molecule has 2 amide bonds. The fourth-order valence-electron chi connectivity index (χ4n) is 4.12. The molecule has 2 aromatic rings. The van der Waals surface area contributed by atoms with E-state index in [-0.39, 0.29) is 32.0 Å². The Labute approximate surface area is 168 Å². The highest BCUT2D eigenvalue weighted by atomic mass is 16.5. The van der Waals surface area contributed by atoms with Crippen LogP contribution in [-0.2, 0) is 14.3 Å². The number of β-amino-alcohol motifs (C(OH)–C–C–N with tert-alkyl or cyclic N) is 1. The molecule has 1 fully saturated rings. The molecule has 7 heteroatoms. The number of amides is 2. The fourth-order valence-corrected chi connectivity index (χ4v) is 4.12. The van der Waals surface area contributed by atoms with Gasteiger partial charge in [-0.1, -0.05) is 48.5 Å². The van der Waals surface area contributed by atoms with Crippen molar-refractivity contribution in [1.82, 2.24) is 10.2 Å². The quantitative estimate of drug-likeness (QED) is 0.727. The molecule has 1 aliphatic carbocycles. The number of benzene rings is 2. The zero-order chi connectivity index (χ0) is 20.4. The van der Waals surface area contributed by atoms with Crippen LogP contribution in [0, 0.1) is 0 Å². The summed E-state index contributed by atoms with van der Waals surface area (Å²) in [5.74, 6) is -0.491. The Balaban J connectivity index is 1.40. The van der Waals surface area contributed by atoms with Crippen molar-refractivity contribution in [3.8, 4) is 11.1 Å². The van der Waals surface area contributed by atoms with Gasteiger partial charge in [0, 0.05) is 25.4 Å². The van der Waals surface area contributed by atoms with Crippen LogP contribution in [0.4, 0.5) is 4.79 Å². The number of carbonyl (C=O) groups excluding carboxylic acids is 3. The molecule has 0 aromatic heterocycles. The minimum Gasteiger partial charge on any atom is -0.449 e. The van der Waals surface area contributed by atoms with E-state index in [1.165, 1.54) is 4.90 Å². The van der Waals surface area contributed by atoms with Crippen LogP contribution in [0.2, 0.25) is 0 Å². The van der Waals surface area contributed by atoms with Gasteiger partial charge < -0.3 is 24.9 Å². The largest absolute Gasteiger partial charge is 0.449 e. The number of nitrogens with zero attached hydrogens (tertiary/aromatic N) is 1. The lowest BCUT2D eigenvalue weighted by molar-refractivity contribution is -0.129. The third-order valence-electron chi connectivity index (χ3n) is 5.50. The third kappa shape index (κ3) is 3.61. The van der Waals surface area contributed by atoms with E-state index >= 15 is 0 Å². The van der Waals surface area contributed by atoms with Gasteiger partial charge >= 0.3 is 6.09 Å². The van der Waals surface area contributed by atoms with Gasteiger partial charge in [-0.15, -0.1) is 0 Å². The van der Waals surface area contributed by atoms with Crippen LogP contribution in [0.3, 0.4) is 0 Å². The highest BCUT2D eigenvalue weighted by Crippen LogP contribution is 2.44. The number of aldehydes is 1. The summed E-state index contributed by atoms with van der Waals surface area (Å²) in [6.45, 7) is 0.439. The molecule has 0 spiro atoms. The number of ether oxygens (including phenoxy) is 1. The summed E-state index contributed by atoms with van der Waals surface area (Å²) >= 11 is 0. The minimum absolute atomic E-state index is 0.0820. The molecule has 150 valence electrons. The minimum atomic E-state index is -1.06. The number of aliphatic hydroxyl groups excluding tert-OH is 1. The molecule has 0 radical (unpaired) electrons. The van der Waals surface area contributed by atoms with Crippen LogP contribution in [0.15, 0.2) is 48.5 Å². The maximum Gasteiger partial charge on any atom is 0.407 e. The highest BCUT2D eigenvalue weighted by Gasteiger charge is 2.40. The fraction of sp³-hybridized carbons (Fsp3) is 0.318. The summed E-state index contributed by atoms with van der Waals surface area (Å²) in [5, 5.41) is 12.6. The Morgan fingerprint density at radius 2 is 1.76 bits per heavy atom. The van der Waals surface area contributed by atoms with E-state index in [9.17, 15) is 19.5 Å². The number of hydrogen-bond donors (Lipinski definition) is 2. The van der Waals surface area contributed by atoms with Crippen LogP contribution < -0.4 is 5.32 Å². The monoisotopic (exact) mass is 394 g/mol. The van der Waals surface area contributed by atoms with Crippen molar-refractivity contribution >= 4 is 18.3 Å². The van der Waals surface area contributed by atoms with Gasteiger partial charge in [0.1, 0.15) is 25.0 Å². The van der Waals surface area contributed by atoms with Crippen molar-refractivity contribution < 1.29 is 24.2 Å². The van der Waals surface area contributed by atoms with Crippen molar-refractivity contribution in [3.05, 3.63) is 59.7 Å². The number of nitrogens with one attached hydrogen (secondary N) is 1. The first-order valence-corrected chi connectivity index (χ1v) is 9.62. The molecule has 7 nitrogen and oxygen atoms in total. The molecule has 4 rings (SSSR count). The molecule has 2 aliphatic rings. The summed E-state index contributed by atoms with van der Waals surface area (Å²) < 4.78 is 5.43. The van der Waals surface area contributed by atoms with E-state index in [1.54, 1.807) is 0 Å². The smallest absolute Gasteiger partial charge is 0.407 e. The third-order valence-corrected chi connectivity index (χ3v) is 5.50. The second-order valence-electron chi connectivity index (χ2n) is 7.25. The Morgan fingerprint density at radius 3 is 2.38 bits per heavy atom. The molecule has 1 unspecified atom stereocenters. The zero-order valence-electron chi connectivity index (χ0n) is 15.8. The standard InChI is InChI=1S/C22H22N2O5/c25-11-5-10-24-12-19(26)20(21(24)27)23-22(28)29-13-18-16-8-3-1-6-14(16)15-7-2-4-9-17(15)18/h1-4,6-9,11,18-20,26H,5,10,12-13H2,(H,23,28)/t19?,20-/m0/s1. The number of aliphatic hydroxyl groups is 1. The second kappa shape index (κ2) is 8.05. The van der Waals surface area contributed by atoms with Crippen molar-refractivity contribution in [2.75, 3.05) is 19.7 Å². The van der Waals surface area contributed by atoms with Gasteiger partial charge in [0.15, 0.2) is 0 Å². The molecular formula is C22H22N2O5. The molecule has 0 saturated carbocycles. The number of likely N-dealkylation sites (tertiary alicyclic amines) is 1. The summed E-state index contributed by atoms with van der Waals surface area (Å²) in [5.41, 5.74) is 4.45. The lowest BCUT2D eigenvalue weighted by Gasteiger charge is -2.18. The van der Waals surface area contributed by atoms with Crippen LogP contribution in [0.1, 0.15) is 23.5 Å². The van der Waals surface area contributed by atoms with Gasteiger partial charge in [0.05, 0.1) is 0 Å². The zero-order valence-corrected chi connectivity index (χ0v) is 15.8. The first-order chi connectivity index (χ1) is 14.1. The molecule has 0 bridgehead atoms. The number of rotatable bonds is 6. The Kier molecular flexibility index (Phi) is 5.31. The van der Waals surface area contributed by atoms with Gasteiger partial charge in [-0.05, 0) is 22.3 Å². The van der Waals surface area contributed by atoms with Crippen molar-refractivity contribution in [2.24, 2.45) is 0 Å². The van der Waals surface area contributed by atoms with Crippen LogP contribution in [-0.4, -0.2) is 60.1 Å². The van der Waals surface area contributed by atoms with Gasteiger partial charge in [0.2, 0.25) is 5.91 Å². The van der Waals surface area contributed by atoms with Gasteiger partial charge in [0.25, 0.3) is 0 Å². The normalized spacial score (nSPS) is 20.3. The summed E-state index contributed by atoms with van der Waals surface area (Å²) in [7, 11) is 0. The maximum absolute atomic E-state index is 12.3. The Hall–Kier alpha value is -3.19. The molecule has 1 heterocycles. The molecule has 1 saturated heterocycles. The van der Waals surface area contributed by atoms with Crippen LogP contribution in [0.25, 0.3) is 11.1 Å². The average molecular weight is 394 g/mol. The number of fused-ring (bicyclic) bond motifs is 3. The summed E-state index contributed by atoms with van der Waals surface area (Å²) in [4.78, 5) is 36.5. The molecule has 2 aromatic carbocycles. The average Bonchev–Trinajstić information content (AvgIpc) is 3.20. The first kappa shape index (κ1) is 19.1. The topological polar surface area (TPSA) is 95.9 Å². The van der Waals surface area contributed by atoms with E-state index in [1.807, 2.05) is 36.4 Å². The second-order valence-corrected chi connectivity index (χ2v) is 7.25. The molecule has 2 atom stereocenters. The van der Waals surface area contributed by atoms with Crippen molar-refractivity contribution in [1.29, 1.82) is 0 Å². The predicted octanol–water partition coefficient (Wildman–Crippen LogP) is 1.69. The molecule has 1 aliphatic heterocycles. The summed E-state index contributed by atoms with van der Waals surface area (Å²) in [6, 6.07) is 15.0. The van der Waals surface area contributed by atoms with Crippen LogP contribution >= 0.6 is 0 Å². The van der Waals surface area contributed by atoms with Crippen molar-refractivity contribution in [3.63, 3.8) is 0 Å². The van der Waals surface area contributed by atoms with E-state index in [0.717, 1.165) is 22.3 Å². The van der Waals surface area contributed by atoms with Gasteiger partial charge in [-0.25, -0.2) is 4.79 Å². The SMILES string of the molecule is O=CCCN1CC(O)[C@H](NC(=O)OCC2c3ccccc3-c3ccccc32)C1=O. The van der Waals surface area contributed by atoms with E-state index in [4.69, 9.17) is 4.74 Å². The maximum atomic E-state index is 12.3. The van der Waals surface area contributed by atoms with E-state index < -0.39 is 24.1 Å². The van der Waals surface area contributed by atoms with Gasteiger partial charge in [-0.3, -0.25) is 4.79 Å². The van der Waals surface area contributed by atoms with E-state index in [2.05, 4.69) is 17.4 Å². The molecule has 29 heavy (non-hydrogen) atoms. The summed E-state index contributed by atoms with van der Waals surface area (Å²) in [6.07, 6.45) is -0.877. The predicted molar refractivity (Wildman–Crippen MR) is 105 cm³/mol. The number of alkyl carbamates (subject to hydrolysis) is 1. The van der Waals surface area contributed by atoms with Crippen LogP contribution in [0.5, 0.6) is 0 Å². The number of carbonyl (C=O) groups is 3. The van der Waals surface area contributed by atoms with Crippen molar-refractivity contribution in [2.45, 2.75) is 24.5 Å². The molecule has 2 N–H and O–H groups in total. The van der Waals surface area contributed by atoms with E-state index in [0.29, 0.717) is 6.29 Å². The molecular weight excluding hydrogens is 372 g/mol. The highest BCUT2D eigenvalue weighted by molar-refractivity contribution is 5.88. The lowest BCUT2D eigenvalue weighted by atomic mass is 9.98. The number of hydrogen-bond acceptors (Lipinski definition) is 5. The first-order valence-electron chi connectivity index (χ1n) is 9.62. The lowest BCUT2D eigenvalue weighted by Crippen LogP contribution is -2.46.